The number of aromatic nitrogens is 2. The first kappa shape index (κ1) is 13.9. The molecule has 0 amide bonds. The standard InChI is InChI=1S/C17H16N2OS/c1-2-19-15-11-7-6-10-14(15)18-17(19)21-12-16(20)13-8-4-3-5-9-13/h3-11H,2,12H2,1H3. The molecular weight excluding hydrogens is 280 g/mol. The topological polar surface area (TPSA) is 34.9 Å². The minimum Gasteiger partial charge on any atom is -0.319 e. The number of carbonyl (C=O) groups is 1. The van der Waals surface area contributed by atoms with Crippen LogP contribution in [0.1, 0.15) is 17.3 Å². The van der Waals surface area contributed by atoms with E-state index in [0.29, 0.717) is 5.75 Å². The fourth-order valence-corrected chi connectivity index (χ4v) is 3.28. The number of aryl methyl sites for hydroxylation is 1. The molecule has 1 aromatic heterocycles. The summed E-state index contributed by atoms with van der Waals surface area (Å²) in [6.45, 7) is 2.94. The van der Waals surface area contributed by atoms with Crippen molar-refractivity contribution in [3.8, 4) is 0 Å². The summed E-state index contributed by atoms with van der Waals surface area (Å²) in [5, 5.41) is 0.906. The van der Waals surface area contributed by atoms with E-state index < -0.39 is 0 Å². The van der Waals surface area contributed by atoms with Gasteiger partial charge in [-0.1, -0.05) is 54.2 Å². The van der Waals surface area contributed by atoms with E-state index in [9.17, 15) is 4.79 Å². The fraction of sp³-hybridized carbons (Fsp3) is 0.176. The van der Waals surface area contributed by atoms with Crippen LogP contribution in [0.25, 0.3) is 11.0 Å². The molecule has 106 valence electrons. The van der Waals surface area contributed by atoms with Gasteiger partial charge in [-0.25, -0.2) is 4.98 Å². The third kappa shape index (κ3) is 2.85. The van der Waals surface area contributed by atoms with Crippen LogP contribution in [-0.2, 0) is 6.54 Å². The predicted octanol–water partition coefficient (Wildman–Crippen LogP) is 4.03. The zero-order chi connectivity index (χ0) is 14.7. The molecule has 0 bridgehead atoms. The molecule has 0 saturated carbocycles. The van der Waals surface area contributed by atoms with Crippen LogP contribution in [0.5, 0.6) is 0 Å². The Morgan fingerprint density at radius 2 is 1.81 bits per heavy atom. The molecule has 0 saturated heterocycles. The van der Waals surface area contributed by atoms with Gasteiger partial charge in [-0.3, -0.25) is 4.79 Å². The second kappa shape index (κ2) is 6.14. The van der Waals surface area contributed by atoms with Crippen molar-refractivity contribution in [2.24, 2.45) is 0 Å². The average molecular weight is 296 g/mol. The van der Waals surface area contributed by atoms with Crippen molar-refractivity contribution in [3.63, 3.8) is 0 Å². The van der Waals surface area contributed by atoms with Crippen LogP contribution < -0.4 is 0 Å². The fourth-order valence-electron chi connectivity index (χ4n) is 2.31. The smallest absolute Gasteiger partial charge is 0.173 e. The van der Waals surface area contributed by atoms with Gasteiger partial charge in [0.1, 0.15) is 0 Å². The number of hydrogen-bond donors (Lipinski definition) is 0. The summed E-state index contributed by atoms with van der Waals surface area (Å²) in [6, 6.07) is 17.5. The molecule has 3 rings (SSSR count). The molecule has 0 unspecified atom stereocenters. The highest BCUT2D eigenvalue weighted by molar-refractivity contribution is 7.99. The maximum Gasteiger partial charge on any atom is 0.173 e. The Morgan fingerprint density at radius 1 is 1.10 bits per heavy atom. The first-order valence-corrected chi connectivity index (χ1v) is 7.94. The van der Waals surface area contributed by atoms with E-state index in [1.807, 2.05) is 48.5 Å². The molecule has 0 radical (unpaired) electrons. The number of Topliss-reactive ketones (excluding diaryl/α,β-unsaturated/α-hetero) is 1. The zero-order valence-electron chi connectivity index (χ0n) is 11.8. The number of rotatable bonds is 5. The van der Waals surface area contributed by atoms with Gasteiger partial charge in [-0.15, -0.1) is 0 Å². The van der Waals surface area contributed by atoms with Gasteiger partial charge in [0.25, 0.3) is 0 Å². The van der Waals surface area contributed by atoms with Gasteiger partial charge < -0.3 is 4.57 Å². The van der Waals surface area contributed by atoms with Crippen molar-refractivity contribution in [1.29, 1.82) is 0 Å². The van der Waals surface area contributed by atoms with Crippen molar-refractivity contribution in [3.05, 3.63) is 60.2 Å². The number of fused-ring (bicyclic) bond motifs is 1. The molecule has 0 aliphatic carbocycles. The average Bonchev–Trinajstić information content (AvgIpc) is 2.91. The highest BCUT2D eigenvalue weighted by Crippen LogP contribution is 2.24. The summed E-state index contributed by atoms with van der Waals surface area (Å²) in [7, 11) is 0. The minimum absolute atomic E-state index is 0.135. The summed E-state index contributed by atoms with van der Waals surface area (Å²) >= 11 is 1.50. The molecule has 0 aliphatic rings. The van der Waals surface area contributed by atoms with Crippen molar-refractivity contribution >= 4 is 28.6 Å². The molecule has 0 aliphatic heterocycles. The highest BCUT2D eigenvalue weighted by atomic mass is 32.2. The first-order valence-electron chi connectivity index (χ1n) is 6.96. The number of carbonyl (C=O) groups excluding carboxylic acids is 1. The Labute approximate surface area is 128 Å². The van der Waals surface area contributed by atoms with Crippen LogP contribution in [-0.4, -0.2) is 21.1 Å². The van der Waals surface area contributed by atoms with E-state index in [4.69, 9.17) is 0 Å². The number of para-hydroxylation sites is 2. The third-order valence-electron chi connectivity index (χ3n) is 3.36. The molecular formula is C17H16N2OS. The lowest BCUT2D eigenvalue weighted by atomic mass is 10.2. The zero-order valence-corrected chi connectivity index (χ0v) is 12.6. The van der Waals surface area contributed by atoms with E-state index in [1.54, 1.807) is 0 Å². The van der Waals surface area contributed by atoms with Crippen LogP contribution >= 0.6 is 11.8 Å². The van der Waals surface area contributed by atoms with Gasteiger partial charge >= 0.3 is 0 Å². The number of ketones is 1. The quantitative estimate of drug-likeness (QED) is 0.526. The van der Waals surface area contributed by atoms with Gasteiger partial charge in [0, 0.05) is 12.1 Å². The van der Waals surface area contributed by atoms with Crippen molar-refractivity contribution in [1.82, 2.24) is 9.55 Å². The maximum atomic E-state index is 12.2. The largest absolute Gasteiger partial charge is 0.319 e. The number of imidazole rings is 1. The summed E-state index contributed by atoms with van der Waals surface area (Å²) < 4.78 is 2.15. The number of benzene rings is 2. The summed E-state index contributed by atoms with van der Waals surface area (Å²) in [6.07, 6.45) is 0. The lowest BCUT2D eigenvalue weighted by molar-refractivity contribution is 0.102. The Kier molecular flexibility index (Phi) is 4.06. The van der Waals surface area contributed by atoms with E-state index in [2.05, 4.69) is 22.5 Å². The third-order valence-corrected chi connectivity index (χ3v) is 4.34. The van der Waals surface area contributed by atoms with E-state index in [-0.39, 0.29) is 5.78 Å². The Balaban J connectivity index is 1.81. The predicted molar refractivity (Wildman–Crippen MR) is 86.9 cm³/mol. The molecule has 0 atom stereocenters. The van der Waals surface area contributed by atoms with E-state index in [0.717, 1.165) is 28.3 Å². The second-order valence-electron chi connectivity index (χ2n) is 4.71. The van der Waals surface area contributed by atoms with Crippen LogP contribution in [0.2, 0.25) is 0 Å². The molecule has 1 heterocycles. The molecule has 4 heteroatoms. The van der Waals surface area contributed by atoms with Crippen LogP contribution in [0.15, 0.2) is 59.8 Å². The van der Waals surface area contributed by atoms with Crippen molar-refractivity contribution < 1.29 is 4.79 Å². The normalized spacial score (nSPS) is 10.9. The van der Waals surface area contributed by atoms with Gasteiger partial charge in [-0.2, -0.15) is 0 Å². The van der Waals surface area contributed by atoms with Gasteiger partial charge in [0.15, 0.2) is 10.9 Å². The van der Waals surface area contributed by atoms with Crippen molar-refractivity contribution in [2.75, 3.05) is 5.75 Å². The molecule has 3 aromatic rings. The molecule has 2 aromatic carbocycles. The lowest BCUT2D eigenvalue weighted by Crippen LogP contribution is -2.04. The van der Waals surface area contributed by atoms with E-state index >= 15 is 0 Å². The Hall–Kier alpha value is -2.07. The number of hydrogen-bond acceptors (Lipinski definition) is 3. The number of nitrogens with zero attached hydrogens (tertiary/aromatic N) is 2. The molecule has 0 fully saturated rings. The Bertz CT molecular complexity index is 765. The van der Waals surface area contributed by atoms with Crippen LogP contribution in [0, 0.1) is 0 Å². The molecule has 0 N–H and O–H groups in total. The van der Waals surface area contributed by atoms with Crippen LogP contribution in [0.4, 0.5) is 0 Å². The van der Waals surface area contributed by atoms with Gasteiger partial charge in [-0.05, 0) is 19.1 Å². The Morgan fingerprint density at radius 3 is 2.57 bits per heavy atom. The molecule has 21 heavy (non-hydrogen) atoms. The van der Waals surface area contributed by atoms with Gasteiger partial charge in [0.05, 0.1) is 16.8 Å². The summed E-state index contributed by atoms with van der Waals surface area (Å²) in [5.41, 5.74) is 2.85. The number of thioether (sulfide) groups is 1. The summed E-state index contributed by atoms with van der Waals surface area (Å²) in [4.78, 5) is 16.8. The van der Waals surface area contributed by atoms with Gasteiger partial charge in [0.2, 0.25) is 0 Å². The van der Waals surface area contributed by atoms with Crippen LogP contribution in [0.3, 0.4) is 0 Å². The molecule has 0 spiro atoms. The lowest BCUT2D eigenvalue weighted by Gasteiger charge is -2.05. The van der Waals surface area contributed by atoms with E-state index in [1.165, 1.54) is 11.8 Å². The minimum atomic E-state index is 0.135. The first-order chi connectivity index (χ1) is 10.3. The maximum absolute atomic E-state index is 12.2. The summed E-state index contributed by atoms with van der Waals surface area (Å²) in [5.74, 6) is 0.545. The van der Waals surface area contributed by atoms with Crippen molar-refractivity contribution in [2.45, 2.75) is 18.6 Å². The highest BCUT2D eigenvalue weighted by Gasteiger charge is 2.12. The molecule has 3 nitrogen and oxygen atoms in total. The second-order valence-corrected chi connectivity index (χ2v) is 5.65. The monoisotopic (exact) mass is 296 g/mol. The SMILES string of the molecule is CCn1c(SCC(=O)c2ccccc2)nc2ccccc21.